The minimum Gasteiger partial charge on any atom is -0.316 e. The van der Waals surface area contributed by atoms with Crippen LogP contribution in [0.15, 0.2) is 0 Å². The summed E-state index contributed by atoms with van der Waals surface area (Å²) in [7, 11) is 0. The molecule has 2 heteroatoms. The highest BCUT2D eigenvalue weighted by Gasteiger charge is 2.10. The van der Waals surface area contributed by atoms with Gasteiger partial charge in [-0.25, -0.2) is 0 Å². The van der Waals surface area contributed by atoms with Crippen molar-refractivity contribution in [2.75, 3.05) is 13.1 Å². The summed E-state index contributed by atoms with van der Waals surface area (Å²) >= 11 is 0. The molecule has 0 aromatic carbocycles. The molecule has 0 radical (unpaired) electrons. The van der Waals surface area contributed by atoms with Crippen molar-refractivity contribution in [2.45, 2.75) is 19.3 Å². The second-order valence-corrected chi connectivity index (χ2v) is 2.61. The molecule has 1 atom stereocenters. The highest BCUT2D eigenvalue weighted by atomic mass is 16.1. The Morgan fingerprint density at radius 2 is 2.56 bits per heavy atom. The molecular weight excluding hydrogens is 114 g/mol. The maximum Gasteiger partial charge on any atom is 0.120 e. The van der Waals surface area contributed by atoms with E-state index in [2.05, 4.69) is 5.32 Å². The SMILES string of the molecule is O=CCC1CCCNC1. The molecule has 1 N–H and O–H groups in total. The minimum atomic E-state index is 0.622. The van der Waals surface area contributed by atoms with E-state index in [0.29, 0.717) is 5.92 Å². The molecule has 1 saturated heterocycles. The third-order valence-corrected chi connectivity index (χ3v) is 1.83. The molecule has 0 aromatic heterocycles. The highest BCUT2D eigenvalue weighted by molar-refractivity contribution is 5.49. The van der Waals surface area contributed by atoms with Crippen molar-refractivity contribution in [1.82, 2.24) is 5.32 Å². The summed E-state index contributed by atoms with van der Waals surface area (Å²) in [4.78, 5) is 10.0. The standard InChI is InChI=1S/C7H13NO/c9-5-3-7-2-1-4-8-6-7/h5,7-8H,1-4,6H2. The van der Waals surface area contributed by atoms with Crippen LogP contribution in [-0.2, 0) is 4.79 Å². The van der Waals surface area contributed by atoms with E-state index in [1.54, 1.807) is 0 Å². The van der Waals surface area contributed by atoms with Crippen LogP contribution in [0.25, 0.3) is 0 Å². The molecule has 0 aliphatic carbocycles. The summed E-state index contributed by atoms with van der Waals surface area (Å²) in [6, 6.07) is 0. The second kappa shape index (κ2) is 3.62. The lowest BCUT2D eigenvalue weighted by atomic mass is 9.97. The molecule has 9 heavy (non-hydrogen) atoms. The van der Waals surface area contributed by atoms with E-state index in [1.807, 2.05) is 0 Å². The average molecular weight is 127 g/mol. The molecule has 0 saturated carbocycles. The van der Waals surface area contributed by atoms with Gasteiger partial charge < -0.3 is 10.1 Å². The molecular formula is C7H13NO. The quantitative estimate of drug-likeness (QED) is 0.550. The molecule has 1 aliphatic rings. The van der Waals surface area contributed by atoms with Crippen molar-refractivity contribution in [2.24, 2.45) is 5.92 Å². The van der Waals surface area contributed by atoms with Gasteiger partial charge in [-0.2, -0.15) is 0 Å². The van der Waals surface area contributed by atoms with Crippen LogP contribution in [0, 0.1) is 5.92 Å². The fourth-order valence-electron chi connectivity index (χ4n) is 1.26. The van der Waals surface area contributed by atoms with Crippen LogP contribution in [-0.4, -0.2) is 19.4 Å². The number of rotatable bonds is 2. The molecule has 1 aliphatic heterocycles. The van der Waals surface area contributed by atoms with Crippen molar-refractivity contribution in [3.05, 3.63) is 0 Å². The number of aldehydes is 1. The topological polar surface area (TPSA) is 29.1 Å². The van der Waals surface area contributed by atoms with Gasteiger partial charge in [0, 0.05) is 6.42 Å². The Balaban J connectivity index is 2.15. The summed E-state index contributed by atoms with van der Waals surface area (Å²) in [6.45, 7) is 2.17. The Labute approximate surface area is 55.6 Å². The van der Waals surface area contributed by atoms with E-state index in [0.717, 1.165) is 25.8 Å². The first kappa shape index (κ1) is 6.75. The summed E-state index contributed by atoms with van der Waals surface area (Å²) in [5, 5.41) is 3.26. The van der Waals surface area contributed by atoms with Crippen molar-refractivity contribution >= 4 is 6.29 Å². The van der Waals surface area contributed by atoms with Gasteiger partial charge in [-0.1, -0.05) is 0 Å². The molecule has 0 aromatic rings. The van der Waals surface area contributed by atoms with Crippen LogP contribution < -0.4 is 5.32 Å². The Morgan fingerprint density at radius 3 is 3.11 bits per heavy atom. The zero-order valence-corrected chi connectivity index (χ0v) is 5.60. The zero-order valence-electron chi connectivity index (χ0n) is 5.60. The van der Waals surface area contributed by atoms with E-state index in [4.69, 9.17) is 0 Å². The van der Waals surface area contributed by atoms with Crippen LogP contribution in [0.1, 0.15) is 19.3 Å². The van der Waals surface area contributed by atoms with Gasteiger partial charge in [-0.15, -0.1) is 0 Å². The van der Waals surface area contributed by atoms with E-state index < -0.39 is 0 Å². The summed E-state index contributed by atoms with van der Waals surface area (Å²) in [5.41, 5.74) is 0. The zero-order chi connectivity index (χ0) is 6.53. The van der Waals surface area contributed by atoms with Crippen LogP contribution in [0.4, 0.5) is 0 Å². The molecule has 0 spiro atoms. The number of carbonyl (C=O) groups is 1. The first-order chi connectivity index (χ1) is 4.43. The van der Waals surface area contributed by atoms with Gasteiger partial charge in [-0.05, 0) is 31.8 Å². The Hall–Kier alpha value is -0.370. The van der Waals surface area contributed by atoms with Gasteiger partial charge in [0.2, 0.25) is 0 Å². The molecule has 1 fully saturated rings. The van der Waals surface area contributed by atoms with Crippen molar-refractivity contribution < 1.29 is 4.79 Å². The summed E-state index contributed by atoms with van der Waals surface area (Å²) < 4.78 is 0. The Bertz CT molecular complexity index is 86.9. The average Bonchev–Trinajstić information content (AvgIpc) is 1.91. The van der Waals surface area contributed by atoms with Crippen LogP contribution in [0.2, 0.25) is 0 Å². The normalized spacial score (nSPS) is 27.8. The first-order valence-electron chi connectivity index (χ1n) is 3.58. The number of nitrogens with one attached hydrogen (secondary N) is 1. The van der Waals surface area contributed by atoms with Gasteiger partial charge in [-0.3, -0.25) is 0 Å². The van der Waals surface area contributed by atoms with E-state index in [-0.39, 0.29) is 0 Å². The molecule has 0 amide bonds. The maximum absolute atomic E-state index is 10.0. The molecule has 1 rings (SSSR count). The molecule has 0 bridgehead atoms. The number of hydrogen-bond donors (Lipinski definition) is 1. The molecule has 1 unspecified atom stereocenters. The maximum atomic E-state index is 10.0. The van der Waals surface area contributed by atoms with Gasteiger partial charge >= 0.3 is 0 Å². The van der Waals surface area contributed by atoms with Crippen molar-refractivity contribution in [3.63, 3.8) is 0 Å². The smallest absolute Gasteiger partial charge is 0.120 e. The van der Waals surface area contributed by atoms with Gasteiger partial charge in [0.25, 0.3) is 0 Å². The van der Waals surface area contributed by atoms with Crippen molar-refractivity contribution in [3.8, 4) is 0 Å². The van der Waals surface area contributed by atoms with Crippen molar-refractivity contribution in [1.29, 1.82) is 0 Å². The van der Waals surface area contributed by atoms with Crippen LogP contribution in [0.3, 0.4) is 0 Å². The lowest BCUT2D eigenvalue weighted by Gasteiger charge is -2.19. The van der Waals surface area contributed by atoms with E-state index in [1.165, 1.54) is 12.8 Å². The van der Waals surface area contributed by atoms with Gasteiger partial charge in [0.1, 0.15) is 6.29 Å². The third-order valence-electron chi connectivity index (χ3n) is 1.83. The number of carbonyl (C=O) groups excluding carboxylic acids is 1. The summed E-state index contributed by atoms with van der Waals surface area (Å²) in [6.07, 6.45) is 4.23. The summed E-state index contributed by atoms with van der Waals surface area (Å²) in [5.74, 6) is 0.622. The lowest BCUT2D eigenvalue weighted by molar-refractivity contribution is -0.108. The second-order valence-electron chi connectivity index (χ2n) is 2.61. The fraction of sp³-hybridized carbons (Fsp3) is 0.857. The molecule has 1 heterocycles. The molecule has 52 valence electrons. The monoisotopic (exact) mass is 127 g/mol. The fourth-order valence-corrected chi connectivity index (χ4v) is 1.26. The lowest BCUT2D eigenvalue weighted by Crippen LogP contribution is -2.29. The largest absolute Gasteiger partial charge is 0.316 e. The number of hydrogen-bond acceptors (Lipinski definition) is 2. The van der Waals surface area contributed by atoms with E-state index in [9.17, 15) is 4.79 Å². The predicted molar refractivity (Wildman–Crippen MR) is 36.3 cm³/mol. The Kier molecular flexibility index (Phi) is 2.71. The van der Waals surface area contributed by atoms with Crippen LogP contribution >= 0.6 is 0 Å². The number of piperidine rings is 1. The van der Waals surface area contributed by atoms with Crippen LogP contribution in [0.5, 0.6) is 0 Å². The van der Waals surface area contributed by atoms with E-state index >= 15 is 0 Å². The highest BCUT2D eigenvalue weighted by Crippen LogP contribution is 2.11. The third kappa shape index (κ3) is 2.14. The molecule has 2 nitrogen and oxygen atoms in total. The first-order valence-corrected chi connectivity index (χ1v) is 3.58. The Morgan fingerprint density at radius 1 is 1.67 bits per heavy atom. The minimum absolute atomic E-state index is 0.622. The van der Waals surface area contributed by atoms with Gasteiger partial charge in [0.05, 0.1) is 0 Å². The van der Waals surface area contributed by atoms with Gasteiger partial charge in [0.15, 0.2) is 0 Å². The predicted octanol–water partition coefficient (Wildman–Crippen LogP) is 0.575.